The Morgan fingerprint density at radius 2 is 1.39 bits per heavy atom. The number of piperidine rings is 1. The van der Waals surface area contributed by atoms with Crippen molar-refractivity contribution in [2.75, 3.05) is 26.3 Å². The summed E-state index contributed by atoms with van der Waals surface area (Å²) in [7, 11) is 0. The number of benzene rings is 2. The molecule has 3 fully saturated rings. The maximum atomic E-state index is 14.3. The third kappa shape index (κ3) is 6.13. The Labute approximate surface area is 242 Å². The molecule has 2 bridgehead atoms. The number of carbonyl (C=O) groups excluding carboxylic acids is 3. The maximum Gasteiger partial charge on any atom is 0.510 e. The summed E-state index contributed by atoms with van der Waals surface area (Å²) < 4.78 is 23.9. The van der Waals surface area contributed by atoms with Gasteiger partial charge in [-0.1, -0.05) is 74.0 Å². The smallest absolute Gasteiger partial charge is 0.462 e. The number of hydrogen-bond donors (Lipinski definition) is 0. The molecule has 2 unspecified atom stereocenters. The van der Waals surface area contributed by atoms with Crippen LogP contribution in [0.15, 0.2) is 60.7 Å². The Bertz CT molecular complexity index is 1120. The molecule has 0 N–H and O–H groups in total. The monoisotopic (exact) mass is 564 g/mol. The summed E-state index contributed by atoms with van der Waals surface area (Å²) in [6.45, 7) is 4.19. The molecule has 2 aromatic rings. The Morgan fingerprint density at radius 1 is 0.829 bits per heavy atom. The van der Waals surface area contributed by atoms with E-state index in [-0.39, 0.29) is 25.3 Å². The van der Waals surface area contributed by atoms with Crippen molar-refractivity contribution in [1.29, 1.82) is 0 Å². The largest absolute Gasteiger partial charge is 0.510 e. The molecule has 3 saturated heterocycles. The molecule has 0 amide bonds. The molecule has 220 valence electrons. The molecule has 5 rings (SSSR count). The average molecular weight is 565 g/mol. The molecule has 8 nitrogen and oxygen atoms in total. The van der Waals surface area contributed by atoms with Crippen molar-refractivity contribution in [3.63, 3.8) is 0 Å². The average Bonchev–Trinajstić information content (AvgIpc) is 3.54. The molecule has 41 heavy (non-hydrogen) atoms. The van der Waals surface area contributed by atoms with E-state index in [4.69, 9.17) is 18.9 Å². The first-order valence-corrected chi connectivity index (χ1v) is 15.2. The second-order valence-electron chi connectivity index (χ2n) is 11.6. The van der Waals surface area contributed by atoms with E-state index >= 15 is 0 Å². The van der Waals surface area contributed by atoms with Gasteiger partial charge in [0.25, 0.3) is 5.60 Å². The number of quaternary nitrogens is 1. The Hall–Kier alpha value is -3.39. The lowest BCUT2D eigenvalue weighted by atomic mass is 9.85. The minimum atomic E-state index is -1.85. The van der Waals surface area contributed by atoms with Gasteiger partial charge >= 0.3 is 18.1 Å². The zero-order chi connectivity index (χ0) is 28.7. The van der Waals surface area contributed by atoms with Crippen LogP contribution in [0, 0.1) is 0 Å². The van der Waals surface area contributed by atoms with Crippen molar-refractivity contribution < 1.29 is 37.8 Å². The molecule has 3 aliphatic heterocycles. The van der Waals surface area contributed by atoms with Crippen LogP contribution >= 0.6 is 0 Å². The Morgan fingerprint density at radius 3 is 1.95 bits per heavy atom. The van der Waals surface area contributed by atoms with Crippen LogP contribution in [0.1, 0.15) is 75.8 Å². The van der Waals surface area contributed by atoms with Crippen molar-refractivity contribution in [3.05, 3.63) is 71.8 Å². The molecule has 3 aliphatic rings. The van der Waals surface area contributed by atoms with Gasteiger partial charge in [0.15, 0.2) is 0 Å². The summed E-state index contributed by atoms with van der Waals surface area (Å²) >= 11 is 0. The lowest BCUT2D eigenvalue weighted by Gasteiger charge is -2.47. The summed E-state index contributed by atoms with van der Waals surface area (Å²) in [6, 6.07) is 18.9. The number of rotatable bonds is 11. The molecule has 0 saturated carbocycles. The number of ether oxygens (including phenoxy) is 4. The van der Waals surface area contributed by atoms with Crippen molar-refractivity contribution in [2.45, 2.75) is 88.5 Å². The third-order valence-electron chi connectivity index (χ3n) is 9.22. The van der Waals surface area contributed by atoms with E-state index in [1.54, 1.807) is 48.5 Å². The highest BCUT2D eigenvalue weighted by Crippen LogP contribution is 2.47. The number of esters is 2. The second-order valence-corrected chi connectivity index (χ2v) is 11.6. The molecule has 2 aromatic carbocycles. The fourth-order valence-corrected chi connectivity index (χ4v) is 7.28. The van der Waals surface area contributed by atoms with Crippen molar-refractivity contribution in [2.24, 2.45) is 0 Å². The molecule has 3 heterocycles. The molecule has 8 heteroatoms. The predicted molar refractivity (Wildman–Crippen MR) is 152 cm³/mol. The van der Waals surface area contributed by atoms with Crippen LogP contribution in [-0.2, 0) is 34.1 Å². The minimum absolute atomic E-state index is 0.0867. The summed E-state index contributed by atoms with van der Waals surface area (Å²) in [5.41, 5.74) is -0.907. The molecule has 0 aromatic heterocycles. The van der Waals surface area contributed by atoms with Crippen LogP contribution in [0.3, 0.4) is 0 Å². The number of hydrogen-bond acceptors (Lipinski definition) is 7. The van der Waals surface area contributed by atoms with Gasteiger partial charge in [-0.05, 0) is 6.42 Å². The van der Waals surface area contributed by atoms with Crippen molar-refractivity contribution >= 4 is 18.1 Å². The van der Waals surface area contributed by atoms with Gasteiger partial charge in [0.05, 0.1) is 25.2 Å². The molecular weight excluding hydrogens is 522 g/mol. The lowest BCUT2D eigenvalue weighted by molar-refractivity contribution is -0.956. The number of nitrogens with zero attached hydrogens (tertiary/aromatic N) is 1. The lowest BCUT2D eigenvalue weighted by Crippen LogP contribution is -2.60. The Kier molecular flexibility index (Phi) is 9.28. The topological polar surface area (TPSA) is 88.1 Å². The Balaban J connectivity index is 1.35. The van der Waals surface area contributed by atoms with Gasteiger partial charge in [0, 0.05) is 56.1 Å². The first-order valence-electron chi connectivity index (χ1n) is 15.2. The fraction of sp³-hybridized carbons (Fsp3) is 0.545. The highest BCUT2D eigenvalue weighted by molar-refractivity contribution is 5.88. The van der Waals surface area contributed by atoms with Crippen LogP contribution in [0.25, 0.3) is 0 Å². The molecular formula is C33H42NO7+. The fourth-order valence-electron chi connectivity index (χ4n) is 7.28. The highest BCUT2D eigenvalue weighted by Gasteiger charge is 2.57. The quantitative estimate of drug-likeness (QED) is 0.151. The first-order chi connectivity index (χ1) is 20.0. The van der Waals surface area contributed by atoms with E-state index in [1.165, 1.54) is 43.3 Å². The van der Waals surface area contributed by atoms with Crippen LogP contribution in [0.4, 0.5) is 4.79 Å². The van der Waals surface area contributed by atoms with Crippen molar-refractivity contribution in [1.82, 2.24) is 0 Å². The molecule has 2 atom stereocenters. The predicted octanol–water partition coefficient (Wildman–Crippen LogP) is 5.66. The zero-order valence-corrected chi connectivity index (χ0v) is 24.0. The minimum Gasteiger partial charge on any atom is -0.462 e. The summed E-state index contributed by atoms with van der Waals surface area (Å²) in [5, 5.41) is 0. The van der Waals surface area contributed by atoms with Crippen molar-refractivity contribution in [3.8, 4) is 0 Å². The normalized spacial score (nSPS) is 22.7. The van der Waals surface area contributed by atoms with Gasteiger partial charge < -0.3 is 23.4 Å². The molecule has 0 radical (unpaired) electrons. The second kappa shape index (κ2) is 13.1. The molecule has 0 aliphatic carbocycles. The summed E-state index contributed by atoms with van der Waals surface area (Å²) in [4.78, 5) is 39.2. The standard InChI is InChI=1S/C33H42NO7/c1-2-3-16-30(35)38-21-22-39-32(37)41-33(25-12-6-4-7-13-25,26-14-8-5-9-15-26)31(36)40-29-23-27-17-18-28(24-29)34(27)19-10-11-20-34/h4-9,12-15,27-29H,2-3,10-11,16-24H2,1H3/q+1. The van der Waals surface area contributed by atoms with Gasteiger partial charge in [-0.25, -0.2) is 9.59 Å². The first kappa shape index (κ1) is 29.1. The maximum absolute atomic E-state index is 14.3. The van der Waals surface area contributed by atoms with E-state index in [0.29, 0.717) is 29.6 Å². The van der Waals surface area contributed by atoms with E-state index in [1.807, 2.05) is 19.1 Å². The van der Waals surface area contributed by atoms with E-state index in [9.17, 15) is 14.4 Å². The zero-order valence-electron chi connectivity index (χ0n) is 24.0. The van der Waals surface area contributed by atoms with Crippen LogP contribution in [0.2, 0.25) is 0 Å². The van der Waals surface area contributed by atoms with Gasteiger partial charge in [0.1, 0.15) is 19.3 Å². The highest BCUT2D eigenvalue weighted by atomic mass is 16.7. The van der Waals surface area contributed by atoms with Gasteiger partial charge in [-0.15, -0.1) is 0 Å². The summed E-state index contributed by atoms with van der Waals surface area (Å²) in [6.07, 6.45) is 7.22. The van der Waals surface area contributed by atoms with E-state index in [2.05, 4.69) is 0 Å². The van der Waals surface area contributed by atoms with Gasteiger partial charge in [-0.2, -0.15) is 0 Å². The van der Waals surface area contributed by atoms with Gasteiger partial charge in [-0.3, -0.25) is 4.79 Å². The molecule has 1 spiro atoms. The SMILES string of the molecule is CCCCC(=O)OCCOC(=O)OC(C(=O)OC1CC2CCC(C1)[N+]21CCCC1)(c1ccccc1)c1ccccc1. The summed E-state index contributed by atoms with van der Waals surface area (Å²) in [5.74, 6) is -0.966. The van der Waals surface area contributed by atoms with E-state index in [0.717, 1.165) is 25.7 Å². The van der Waals surface area contributed by atoms with E-state index < -0.39 is 17.7 Å². The van der Waals surface area contributed by atoms with Crippen LogP contribution in [0.5, 0.6) is 0 Å². The number of unbranched alkanes of at least 4 members (excludes halogenated alkanes) is 1. The number of carbonyl (C=O) groups is 3. The van der Waals surface area contributed by atoms with Crippen LogP contribution in [-0.4, -0.2) is 67.1 Å². The van der Waals surface area contributed by atoms with Crippen LogP contribution < -0.4 is 0 Å². The van der Waals surface area contributed by atoms with Gasteiger partial charge in [0.2, 0.25) is 0 Å². The third-order valence-corrected chi connectivity index (χ3v) is 9.22.